The van der Waals surface area contributed by atoms with Crippen molar-refractivity contribution in [1.29, 1.82) is 0 Å². The summed E-state index contributed by atoms with van der Waals surface area (Å²) in [6, 6.07) is 8.16. The standard InChI is InChI=1S/C23H30N2O6S2/c1-6-25(7-2)33(29,30)18-10-8-9-17(13-18)22(27)24-21(15(3)4)23(28)31-14-19(26)20-12-11-16(5)32-20/h8-13,15,21H,6-7,14H2,1-5H3,(H,24,27)/t21-/m0/s1. The molecule has 33 heavy (non-hydrogen) atoms. The van der Waals surface area contributed by atoms with Crippen molar-refractivity contribution in [2.45, 2.75) is 45.6 Å². The summed E-state index contributed by atoms with van der Waals surface area (Å²) in [7, 11) is -3.74. The molecule has 0 radical (unpaired) electrons. The summed E-state index contributed by atoms with van der Waals surface area (Å²) in [5.74, 6) is -1.97. The molecule has 0 fully saturated rings. The average molecular weight is 495 g/mol. The molecule has 0 aliphatic carbocycles. The van der Waals surface area contributed by atoms with E-state index in [2.05, 4.69) is 5.32 Å². The third-order valence-electron chi connectivity index (χ3n) is 5.01. The molecule has 0 unspecified atom stereocenters. The summed E-state index contributed by atoms with van der Waals surface area (Å²) in [4.78, 5) is 39.1. The van der Waals surface area contributed by atoms with Crippen molar-refractivity contribution in [2.75, 3.05) is 19.7 Å². The van der Waals surface area contributed by atoms with Gasteiger partial charge < -0.3 is 10.1 Å². The number of ether oxygens (including phenoxy) is 1. The van der Waals surface area contributed by atoms with Crippen LogP contribution in [0.15, 0.2) is 41.3 Å². The molecule has 1 heterocycles. The minimum absolute atomic E-state index is 0.000591. The Balaban J connectivity index is 2.12. The van der Waals surface area contributed by atoms with Gasteiger partial charge in [0.2, 0.25) is 15.8 Å². The number of benzene rings is 1. The van der Waals surface area contributed by atoms with E-state index in [1.54, 1.807) is 33.8 Å². The highest BCUT2D eigenvalue weighted by molar-refractivity contribution is 7.89. The van der Waals surface area contributed by atoms with Crippen LogP contribution >= 0.6 is 11.3 Å². The molecule has 1 aromatic carbocycles. The molecule has 0 bridgehead atoms. The molecule has 0 spiro atoms. The van der Waals surface area contributed by atoms with Crippen LogP contribution in [-0.4, -0.2) is 56.1 Å². The molecule has 1 aromatic heterocycles. The maximum absolute atomic E-state index is 12.8. The second kappa shape index (κ2) is 11.5. The van der Waals surface area contributed by atoms with Gasteiger partial charge in [-0.1, -0.05) is 33.8 Å². The number of amides is 1. The number of carbonyl (C=O) groups is 3. The van der Waals surface area contributed by atoms with Gasteiger partial charge in [0.25, 0.3) is 5.91 Å². The van der Waals surface area contributed by atoms with Crippen LogP contribution in [0.3, 0.4) is 0 Å². The fraction of sp³-hybridized carbons (Fsp3) is 0.435. The molecule has 1 N–H and O–H groups in total. The van der Waals surface area contributed by atoms with Crippen molar-refractivity contribution < 1.29 is 27.5 Å². The topological polar surface area (TPSA) is 110 Å². The predicted octanol–water partition coefficient (Wildman–Crippen LogP) is 3.27. The SMILES string of the molecule is CCN(CC)S(=O)(=O)c1cccc(C(=O)N[C@H](C(=O)OCC(=O)c2ccc(C)s2)C(C)C)c1. The van der Waals surface area contributed by atoms with Gasteiger partial charge in [-0.25, -0.2) is 13.2 Å². The summed E-state index contributed by atoms with van der Waals surface area (Å²) in [5, 5.41) is 2.61. The first-order valence-electron chi connectivity index (χ1n) is 10.7. The van der Waals surface area contributed by atoms with Gasteiger partial charge in [-0.3, -0.25) is 9.59 Å². The Morgan fingerprint density at radius 1 is 1.09 bits per heavy atom. The first-order chi connectivity index (χ1) is 15.5. The predicted molar refractivity (Wildman–Crippen MR) is 127 cm³/mol. The molecule has 2 aromatic rings. The lowest BCUT2D eigenvalue weighted by Gasteiger charge is -2.21. The van der Waals surface area contributed by atoms with E-state index in [9.17, 15) is 22.8 Å². The second-order valence-corrected chi connectivity index (χ2v) is 11.0. The molecule has 0 aliphatic rings. The third kappa shape index (κ3) is 6.72. The molecule has 1 atom stereocenters. The number of hydrogen-bond donors (Lipinski definition) is 1. The van der Waals surface area contributed by atoms with Crippen molar-refractivity contribution in [3.05, 3.63) is 51.7 Å². The molecule has 10 heteroatoms. The highest BCUT2D eigenvalue weighted by atomic mass is 32.2. The third-order valence-corrected chi connectivity index (χ3v) is 8.09. The van der Waals surface area contributed by atoms with Crippen LogP contribution < -0.4 is 5.32 Å². The largest absolute Gasteiger partial charge is 0.456 e. The number of sulfonamides is 1. The first kappa shape index (κ1) is 26.7. The summed E-state index contributed by atoms with van der Waals surface area (Å²) < 4.78 is 32.0. The van der Waals surface area contributed by atoms with Gasteiger partial charge in [-0.15, -0.1) is 11.3 Å². The molecule has 0 aliphatic heterocycles. The van der Waals surface area contributed by atoms with Crippen molar-refractivity contribution in [1.82, 2.24) is 9.62 Å². The van der Waals surface area contributed by atoms with E-state index in [4.69, 9.17) is 4.74 Å². The Morgan fingerprint density at radius 2 is 1.76 bits per heavy atom. The first-order valence-corrected chi connectivity index (χ1v) is 12.9. The fourth-order valence-corrected chi connectivity index (χ4v) is 5.41. The van der Waals surface area contributed by atoms with Crippen LogP contribution in [0.25, 0.3) is 0 Å². The van der Waals surface area contributed by atoms with E-state index in [0.29, 0.717) is 18.0 Å². The Labute approximate surface area is 199 Å². The van der Waals surface area contributed by atoms with Gasteiger partial charge in [0.1, 0.15) is 6.04 Å². The van der Waals surface area contributed by atoms with Crippen molar-refractivity contribution in [3.8, 4) is 0 Å². The number of carbonyl (C=O) groups excluding carboxylic acids is 3. The Morgan fingerprint density at radius 3 is 2.30 bits per heavy atom. The lowest BCUT2D eigenvalue weighted by molar-refractivity contribution is -0.145. The number of aryl methyl sites for hydroxylation is 1. The summed E-state index contributed by atoms with van der Waals surface area (Å²) >= 11 is 1.32. The van der Waals surface area contributed by atoms with Gasteiger partial charge in [0.05, 0.1) is 9.77 Å². The van der Waals surface area contributed by atoms with E-state index in [1.165, 1.54) is 39.9 Å². The number of nitrogens with one attached hydrogen (secondary N) is 1. The summed E-state index contributed by atoms with van der Waals surface area (Å²) in [6.07, 6.45) is 0. The number of thiophene rings is 1. The number of hydrogen-bond acceptors (Lipinski definition) is 7. The minimum Gasteiger partial charge on any atom is -0.456 e. The molecule has 0 saturated carbocycles. The van der Waals surface area contributed by atoms with Crippen molar-refractivity contribution in [2.24, 2.45) is 5.92 Å². The normalized spacial score (nSPS) is 12.6. The van der Waals surface area contributed by atoms with Gasteiger partial charge >= 0.3 is 5.97 Å². The monoisotopic (exact) mass is 494 g/mol. The summed E-state index contributed by atoms with van der Waals surface area (Å²) in [5.41, 5.74) is 0.104. The van der Waals surface area contributed by atoms with Gasteiger partial charge in [-0.05, 0) is 43.2 Å². The molecule has 0 saturated heterocycles. The molecule has 180 valence electrons. The van der Waals surface area contributed by atoms with E-state index in [1.807, 2.05) is 13.0 Å². The fourth-order valence-electron chi connectivity index (χ4n) is 3.11. The van der Waals surface area contributed by atoms with Crippen LogP contribution in [0.5, 0.6) is 0 Å². The van der Waals surface area contributed by atoms with Crippen LogP contribution in [0, 0.1) is 12.8 Å². The maximum Gasteiger partial charge on any atom is 0.329 e. The highest BCUT2D eigenvalue weighted by Crippen LogP contribution is 2.18. The Bertz CT molecular complexity index is 1100. The van der Waals surface area contributed by atoms with Gasteiger partial charge in [0.15, 0.2) is 6.61 Å². The second-order valence-electron chi connectivity index (χ2n) is 7.75. The molecule has 2 rings (SSSR count). The lowest BCUT2D eigenvalue weighted by atomic mass is 10.0. The summed E-state index contributed by atoms with van der Waals surface area (Å²) in [6.45, 7) is 9.01. The number of Topliss-reactive ketones (excluding diaryl/α,β-unsaturated/α-hetero) is 1. The number of rotatable bonds is 11. The van der Waals surface area contributed by atoms with Crippen LogP contribution in [0.4, 0.5) is 0 Å². The molecule has 1 amide bonds. The lowest BCUT2D eigenvalue weighted by Crippen LogP contribution is -2.45. The zero-order valence-corrected chi connectivity index (χ0v) is 21.1. The number of nitrogens with zero attached hydrogens (tertiary/aromatic N) is 1. The molecule has 8 nitrogen and oxygen atoms in total. The number of esters is 1. The molecular weight excluding hydrogens is 464 g/mol. The highest BCUT2D eigenvalue weighted by Gasteiger charge is 2.28. The van der Waals surface area contributed by atoms with Gasteiger partial charge in [-0.2, -0.15) is 4.31 Å². The quantitative estimate of drug-likeness (QED) is 0.379. The van der Waals surface area contributed by atoms with Crippen molar-refractivity contribution in [3.63, 3.8) is 0 Å². The maximum atomic E-state index is 12.8. The van der Waals surface area contributed by atoms with Crippen LogP contribution in [0.2, 0.25) is 0 Å². The van der Waals surface area contributed by atoms with E-state index in [-0.39, 0.29) is 22.2 Å². The van der Waals surface area contributed by atoms with E-state index < -0.39 is 34.5 Å². The zero-order chi connectivity index (χ0) is 24.8. The molecular formula is C23H30N2O6S2. The van der Waals surface area contributed by atoms with Crippen LogP contribution in [-0.2, 0) is 19.6 Å². The van der Waals surface area contributed by atoms with Crippen molar-refractivity contribution >= 4 is 39.0 Å². The smallest absolute Gasteiger partial charge is 0.329 e. The Hall–Kier alpha value is -2.56. The zero-order valence-electron chi connectivity index (χ0n) is 19.5. The minimum atomic E-state index is -3.74. The van der Waals surface area contributed by atoms with E-state index in [0.717, 1.165) is 4.88 Å². The number of ketones is 1. The van der Waals surface area contributed by atoms with E-state index >= 15 is 0 Å². The van der Waals surface area contributed by atoms with Crippen LogP contribution in [0.1, 0.15) is 52.6 Å². The average Bonchev–Trinajstić information content (AvgIpc) is 3.22. The Kier molecular flexibility index (Phi) is 9.33. The van der Waals surface area contributed by atoms with Gasteiger partial charge in [0, 0.05) is 23.5 Å².